The normalized spacial score (nSPS) is 14.2. The molecule has 0 bridgehead atoms. The van der Waals surface area contributed by atoms with Gasteiger partial charge in [-0.1, -0.05) is 48.5 Å². The van der Waals surface area contributed by atoms with E-state index in [1.54, 1.807) is 17.1 Å². The summed E-state index contributed by atoms with van der Waals surface area (Å²) in [5.74, 6) is -0.167. The SMILES string of the molecule is O=C(Nc1ccc(N2CCN(Cc3ccccc3)CC2)cc1)c1cnn(-c2ccccc2)c1. The number of amides is 1. The predicted octanol–water partition coefficient (Wildman–Crippen LogP) is 4.45. The monoisotopic (exact) mass is 437 g/mol. The topological polar surface area (TPSA) is 53.4 Å². The molecule has 1 fully saturated rings. The van der Waals surface area contributed by atoms with Crippen LogP contribution in [0.25, 0.3) is 5.69 Å². The van der Waals surface area contributed by atoms with Crippen LogP contribution in [0.15, 0.2) is 97.3 Å². The summed E-state index contributed by atoms with van der Waals surface area (Å²) in [6, 6.07) is 28.5. The Morgan fingerprint density at radius 3 is 2.15 bits per heavy atom. The summed E-state index contributed by atoms with van der Waals surface area (Å²) in [5, 5.41) is 7.27. The quantitative estimate of drug-likeness (QED) is 0.484. The van der Waals surface area contributed by atoms with Crippen molar-refractivity contribution in [2.24, 2.45) is 0 Å². The Bertz CT molecular complexity index is 1180. The van der Waals surface area contributed by atoms with Crippen molar-refractivity contribution in [3.8, 4) is 5.69 Å². The van der Waals surface area contributed by atoms with Crippen molar-refractivity contribution in [2.75, 3.05) is 36.4 Å². The lowest BCUT2D eigenvalue weighted by atomic mass is 10.2. The van der Waals surface area contributed by atoms with Gasteiger partial charge in [0.05, 0.1) is 17.4 Å². The van der Waals surface area contributed by atoms with Crippen molar-refractivity contribution in [1.29, 1.82) is 0 Å². The first-order chi connectivity index (χ1) is 16.2. The number of carbonyl (C=O) groups is 1. The summed E-state index contributed by atoms with van der Waals surface area (Å²) in [6.07, 6.45) is 3.33. The smallest absolute Gasteiger partial charge is 0.258 e. The fourth-order valence-electron chi connectivity index (χ4n) is 4.13. The zero-order chi connectivity index (χ0) is 22.5. The Morgan fingerprint density at radius 1 is 0.788 bits per heavy atom. The Kier molecular flexibility index (Phi) is 6.17. The fourth-order valence-corrected chi connectivity index (χ4v) is 4.13. The van der Waals surface area contributed by atoms with Crippen LogP contribution in [0, 0.1) is 0 Å². The van der Waals surface area contributed by atoms with Gasteiger partial charge in [0, 0.05) is 50.3 Å². The van der Waals surface area contributed by atoms with E-state index in [1.165, 1.54) is 11.3 Å². The van der Waals surface area contributed by atoms with E-state index in [0.29, 0.717) is 5.56 Å². The van der Waals surface area contributed by atoms with Gasteiger partial charge in [0.25, 0.3) is 5.91 Å². The molecular formula is C27H27N5O. The number of para-hydroxylation sites is 1. The molecule has 33 heavy (non-hydrogen) atoms. The van der Waals surface area contributed by atoms with Gasteiger partial charge in [0.2, 0.25) is 0 Å². The molecule has 0 spiro atoms. The lowest BCUT2D eigenvalue weighted by molar-refractivity contribution is 0.102. The molecule has 2 heterocycles. The van der Waals surface area contributed by atoms with E-state index in [0.717, 1.165) is 44.1 Å². The second kappa shape index (κ2) is 9.71. The highest BCUT2D eigenvalue weighted by atomic mass is 16.1. The minimum absolute atomic E-state index is 0.167. The molecule has 0 atom stereocenters. The average Bonchev–Trinajstić information content (AvgIpc) is 3.37. The standard InChI is InChI=1S/C27H27N5O/c33-27(23-19-28-32(21-23)26-9-5-2-6-10-26)29-24-11-13-25(14-12-24)31-17-15-30(16-18-31)20-22-7-3-1-4-8-22/h1-14,19,21H,15-18,20H2,(H,29,33). The molecule has 1 aromatic heterocycles. The third-order valence-electron chi connectivity index (χ3n) is 5.98. The van der Waals surface area contributed by atoms with Gasteiger partial charge in [-0.3, -0.25) is 9.69 Å². The van der Waals surface area contributed by atoms with Crippen LogP contribution in [0.3, 0.4) is 0 Å². The Labute approximate surface area is 194 Å². The molecule has 1 aliphatic rings. The van der Waals surface area contributed by atoms with Crippen molar-refractivity contribution < 1.29 is 4.79 Å². The van der Waals surface area contributed by atoms with E-state index in [9.17, 15) is 4.79 Å². The average molecular weight is 438 g/mol. The molecule has 0 aliphatic carbocycles. The van der Waals surface area contributed by atoms with Crippen LogP contribution in [0.4, 0.5) is 11.4 Å². The molecule has 1 amide bonds. The van der Waals surface area contributed by atoms with Gasteiger partial charge < -0.3 is 10.2 Å². The number of rotatable bonds is 6. The lowest BCUT2D eigenvalue weighted by Crippen LogP contribution is -2.45. The highest BCUT2D eigenvalue weighted by Gasteiger charge is 2.17. The number of anilines is 2. The van der Waals surface area contributed by atoms with Gasteiger partial charge in [0.15, 0.2) is 0 Å². The van der Waals surface area contributed by atoms with Gasteiger partial charge in [0.1, 0.15) is 0 Å². The Balaban J connectivity index is 1.15. The first kappa shape index (κ1) is 21.0. The maximum absolute atomic E-state index is 12.7. The molecule has 0 radical (unpaired) electrons. The molecule has 6 nitrogen and oxygen atoms in total. The number of benzene rings is 3. The van der Waals surface area contributed by atoms with Gasteiger partial charge >= 0.3 is 0 Å². The maximum atomic E-state index is 12.7. The molecule has 166 valence electrons. The van der Waals surface area contributed by atoms with E-state index in [1.807, 2.05) is 42.5 Å². The second-order valence-corrected chi connectivity index (χ2v) is 8.26. The first-order valence-corrected chi connectivity index (χ1v) is 11.3. The number of carbonyl (C=O) groups excluding carboxylic acids is 1. The summed E-state index contributed by atoms with van der Waals surface area (Å²) in [7, 11) is 0. The van der Waals surface area contributed by atoms with Gasteiger partial charge in [-0.2, -0.15) is 5.10 Å². The van der Waals surface area contributed by atoms with Crippen LogP contribution in [0.1, 0.15) is 15.9 Å². The first-order valence-electron chi connectivity index (χ1n) is 11.3. The van der Waals surface area contributed by atoms with E-state index in [-0.39, 0.29) is 5.91 Å². The summed E-state index contributed by atoms with van der Waals surface area (Å²) in [6.45, 7) is 5.08. The third kappa shape index (κ3) is 5.13. The summed E-state index contributed by atoms with van der Waals surface area (Å²) >= 11 is 0. The molecule has 0 unspecified atom stereocenters. The van der Waals surface area contributed by atoms with E-state index < -0.39 is 0 Å². The highest BCUT2D eigenvalue weighted by Crippen LogP contribution is 2.21. The van der Waals surface area contributed by atoms with Crippen molar-refractivity contribution in [2.45, 2.75) is 6.54 Å². The molecule has 5 rings (SSSR count). The molecule has 0 saturated carbocycles. The summed E-state index contributed by atoms with van der Waals surface area (Å²) in [4.78, 5) is 17.5. The Hall–Kier alpha value is -3.90. The van der Waals surface area contributed by atoms with Gasteiger partial charge in [-0.25, -0.2) is 4.68 Å². The van der Waals surface area contributed by atoms with E-state index >= 15 is 0 Å². The second-order valence-electron chi connectivity index (χ2n) is 8.26. The van der Waals surface area contributed by atoms with Crippen molar-refractivity contribution in [1.82, 2.24) is 14.7 Å². The van der Waals surface area contributed by atoms with Gasteiger partial charge in [-0.15, -0.1) is 0 Å². The van der Waals surface area contributed by atoms with Crippen LogP contribution in [-0.4, -0.2) is 46.8 Å². The minimum Gasteiger partial charge on any atom is -0.369 e. The number of nitrogens with zero attached hydrogens (tertiary/aromatic N) is 4. The number of hydrogen-bond donors (Lipinski definition) is 1. The highest BCUT2D eigenvalue weighted by molar-refractivity contribution is 6.04. The Morgan fingerprint density at radius 2 is 1.45 bits per heavy atom. The molecule has 1 aliphatic heterocycles. The van der Waals surface area contributed by atoms with Crippen LogP contribution < -0.4 is 10.2 Å². The number of hydrogen-bond acceptors (Lipinski definition) is 4. The van der Waals surface area contributed by atoms with Crippen LogP contribution >= 0.6 is 0 Å². The van der Waals surface area contributed by atoms with Crippen LogP contribution in [0.2, 0.25) is 0 Å². The van der Waals surface area contributed by atoms with Crippen molar-refractivity contribution in [3.05, 3.63) is 108 Å². The molecule has 4 aromatic rings. The van der Waals surface area contributed by atoms with E-state index in [4.69, 9.17) is 0 Å². The lowest BCUT2D eigenvalue weighted by Gasteiger charge is -2.36. The maximum Gasteiger partial charge on any atom is 0.258 e. The fraction of sp³-hybridized carbons (Fsp3) is 0.185. The zero-order valence-corrected chi connectivity index (χ0v) is 18.5. The third-order valence-corrected chi connectivity index (χ3v) is 5.98. The van der Waals surface area contributed by atoms with Gasteiger partial charge in [-0.05, 0) is 42.0 Å². The van der Waals surface area contributed by atoms with Crippen LogP contribution in [0.5, 0.6) is 0 Å². The zero-order valence-electron chi connectivity index (χ0n) is 18.5. The van der Waals surface area contributed by atoms with E-state index in [2.05, 4.69) is 62.7 Å². The van der Waals surface area contributed by atoms with Crippen molar-refractivity contribution in [3.63, 3.8) is 0 Å². The molecule has 1 saturated heterocycles. The molecular weight excluding hydrogens is 410 g/mol. The molecule has 6 heteroatoms. The number of piperazine rings is 1. The summed E-state index contributed by atoms with van der Waals surface area (Å²) in [5.41, 5.74) is 4.77. The number of aromatic nitrogens is 2. The molecule has 3 aromatic carbocycles. The number of nitrogens with one attached hydrogen (secondary N) is 1. The van der Waals surface area contributed by atoms with Crippen LogP contribution in [-0.2, 0) is 6.54 Å². The molecule has 1 N–H and O–H groups in total. The largest absolute Gasteiger partial charge is 0.369 e. The predicted molar refractivity (Wildman–Crippen MR) is 132 cm³/mol. The summed E-state index contributed by atoms with van der Waals surface area (Å²) < 4.78 is 1.70. The minimum atomic E-state index is -0.167. The van der Waals surface area contributed by atoms with Crippen molar-refractivity contribution >= 4 is 17.3 Å².